The molecule has 100 valence electrons. The largest absolute Gasteiger partial charge is 0.493 e. The first-order valence-corrected chi connectivity index (χ1v) is 7.33. The number of aromatic nitrogens is 1. The molecule has 2 rings (SSSR count). The molecular weight excluding hydrogens is 256 g/mol. The fourth-order valence-electron chi connectivity index (χ4n) is 1.66. The van der Waals surface area contributed by atoms with E-state index in [1.54, 1.807) is 11.8 Å². The van der Waals surface area contributed by atoms with E-state index in [2.05, 4.69) is 4.98 Å². The third-order valence-electron chi connectivity index (χ3n) is 2.63. The Morgan fingerprint density at radius 2 is 1.95 bits per heavy atom. The molecule has 1 aromatic heterocycles. The fraction of sp³-hybridized carbons (Fsp3) is 0.267. The number of nitrogens with two attached hydrogens (primary N) is 1. The standard InChI is InChI=1S/C15H18N2OS/c16-12-13-6-1-2-7-14(13)18-10-5-11-19-15-8-3-4-9-17-15/h1-4,6-9H,5,10-12,16H2. The molecule has 0 amide bonds. The molecule has 0 saturated heterocycles. The van der Waals surface area contributed by atoms with Gasteiger partial charge in [-0.1, -0.05) is 24.3 Å². The van der Waals surface area contributed by atoms with Crippen molar-refractivity contribution in [2.45, 2.75) is 18.0 Å². The van der Waals surface area contributed by atoms with E-state index >= 15 is 0 Å². The van der Waals surface area contributed by atoms with Crippen LogP contribution in [0.15, 0.2) is 53.7 Å². The van der Waals surface area contributed by atoms with Crippen molar-refractivity contribution in [3.8, 4) is 5.75 Å². The molecule has 0 saturated carbocycles. The molecule has 0 aliphatic rings. The minimum Gasteiger partial charge on any atom is -0.493 e. The van der Waals surface area contributed by atoms with Gasteiger partial charge in [-0.05, 0) is 24.6 Å². The average Bonchev–Trinajstić information content (AvgIpc) is 2.48. The van der Waals surface area contributed by atoms with E-state index in [0.717, 1.165) is 28.5 Å². The van der Waals surface area contributed by atoms with Crippen molar-refractivity contribution < 1.29 is 4.74 Å². The highest BCUT2D eigenvalue weighted by Gasteiger charge is 2.00. The van der Waals surface area contributed by atoms with Gasteiger partial charge in [0.15, 0.2) is 0 Å². The van der Waals surface area contributed by atoms with Crippen LogP contribution in [0.3, 0.4) is 0 Å². The molecule has 0 aliphatic heterocycles. The number of nitrogens with zero attached hydrogens (tertiary/aromatic N) is 1. The topological polar surface area (TPSA) is 48.1 Å². The highest BCUT2D eigenvalue weighted by atomic mass is 32.2. The lowest BCUT2D eigenvalue weighted by Crippen LogP contribution is -2.04. The Hall–Kier alpha value is -1.52. The molecule has 2 N–H and O–H groups in total. The molecule has 19 heavy (non-hydrogen) atoms. The van der Waals surface area contributed by atoms with E-state index in [0.29, 0.717) is 13.2 Å². The van der Waals surface area contributed by atoms with Crippen LogP contribution in [-0.4, -0.2) is 17.3 Å². The van der Waals surface area contributed by atoms with Crippen LogP contribution in [0.5, 0.6) is 5.75 Å². The maximum absolute atomic E-state index is 5.75. The molecule has 0 unspecified atom stereocenters. The smallest absolute Gasteiger partial charge is 0.123 e. The van der Waals surface area contributed by atoms with E-state index in [9.17, 15) is 0 Å². The summed E-state index contributed by atoms with van der Waals surface area (Å²) in [5, 5.41) is 1.06. The molecule has 0 spiro atoms. The van der Waals surface area contributed by atoms with Crippen molar-refractivity contribution in [3.05, 3.63) is 54.2 Å². The Kier molecular flexibility index (Phi) is 5.72. The maximum atomic E-state index is 5.75. The van der Waals surface area contributed by atoms with Gasteiger partial charge in [0, 0.05) is 24.1 Å². The monoisotopic (exact) mass is 274 g/mol. The van der Waals surface area contributed by atoms with Crippen LogP contribution < -0.4 is 10.5 Å². The van der Waals surface area contributed by atoms with Crippen LogP contribution in [0.25, 0.3) is 0 Å². The van der Waals surface area contributed by atoms with Crippen molar-refractivity contribution in [1.82, 2.24) is 4.98 Å². The summed E-state index contributed by atoms with van der Waals surface area (Å²) in [6.45, 7) is 1.22. The lowest BCUT2D eigenvalue weighted by molar-refractivity contribution is 0.315. The second-order valence-electron chi connectivity index (χ2n) is 4.03. The third-order valence-corrected chi connectivity index (χ3v) is 3.66. The molecule has 3 nitrogen and oxygen atoms in total. The Morgan fingerprint density at radius 3 is 2.74 bits per heavy atom. The van der Waals surface area contributed by atoms with E-state index < -0.39 is 0 Å². The number of para-hydroxylation sites is 1. The van der Waals surface area contributed by atoms with Gasteiger partial charge in [-0.25, -0.2) is 4.98 Å². The second kappa shape index (κ2) is 7.81. The van der Waals surface area contributed by atoms with Crippen molar-refractivity contribution >= 4 is 11.8 Å². The number of benzene rings is 1. The third kappa shape index (κ3) is 4.58. The Balaban J connectivity index is 1.69. The van der Waals surface area contributed by atoms with Crippen molar-refractivity contribution in [2.75, 3.05) is 12.4 Å². The second-order valence-corrected chi connectivity index (χ2v) is 5.15. The number of thioether (sulfide) groups is 1. The predicted octanol–water partition coefficient (Wildman–Crippen LogP) is 3.10. The molecule has 4 heteroatoms. The van der Waals surface area contributed by atoms with Crippen LogP contribution in [0.2, 0.25) is 0 Å². The zero-order chi connectivity index (χ0) is 13.3. The molecule has 0 atom stereocenters. The molecule has 0 aliphatic carbocycles. The summed E-state index contributed by atoms with van der Waals surface area (Å²) in [7, 11) is 0. The van der Waals surface area contributed by atoms with Crippen LogP contribution in [-0.2, 0) is 6.54 Å². The number of hydrogen-bond donors (Lipinski definition) is 1. The predicted molar refractivity (Wildman–Crippen MR) is 79.4 cm³/mol. The maximum Gasteiger partial charge on any atom is 0.123 e. The number of pyridine rings is 1. The Labute approximate surface area is 118 Å². The molecule has 0 bridgehead atoms. The summed E-state index contributed by atoms with van der Waals surface area (Å²) in [6, 6.07) is 13.9. The summed E-state index contributed by atoms with van der Waals surface area (Å²) >= 11 is 1.75. The van der Waals surface area contributed by atoms with Crippen LogP contribution >= 0.6 is 11.8 Å². The zero-order valence-corrected chi connectivity index (χ0v) is 11.6. The van der Waals surface area contributed by atoms with Gasteiger partial charge >= 0.3 is 0 Å². The van der Waals surface area contributed by atoms with E-state index in [1.807, 2.05) is 48.7 Å². The first-order chi connectivity index (χ1) is 9.40. The highest BCUT2D eigenvalue weighted by Crippen LogP contribution is 2.18. The summed E-state index contributed by atoms with van der Waals surface area (Å²) in [5.74, 6) is 1.90. The van der Waals surface area contributed by atoms with Gasteiger partial charge in [-0.15, -0.1) is 11.8 Å². The average molecular weight is 274 g/mol. The van der Waals surface area contributed by atoms with Crippen LogP contribution in [0.1, 0.15) is 12.0 Å². The van der Waals surface area contributed by atoms with E-state index in [-0.39, 0.29) is 0 Å². The number of ether oxygens (including phenoxy) is 1. The molecule has 0 fully saturated rings. The lowest BCUT2D eigenvalue weighted by atomic mass is 10.2. The van der Waals surface area contributed by atoms with Crippen LogP contribution in [0.4, 0.5) is 0 Å². The van der Waals surface area contributed by atoms with Gasteiger partial charge in [-0.3, -0.25) is 0 Å². The van der Waals surface area contributed by atoms with Crippen LogP contribution in [0, 0.1) is 0 Å². The normalized spacial score (nSPS) is 10.4. The summed E-state index contributed by atoms with van der Waals surface area (Å²) in [6.07, 6.45) is 2.80. The van der Waals surface area contributed by atoms with Crippen molar-refractivity contribution in [2.24, 2.45) is 5.73 Å². The van der Waals surface area contributed by atoms with Gasteiger partial charge in [0.1, 0.15) is 5.75 Å². The van der Waals surface area contributed by atoms with Gasteiger partial charge in [0.25, 0.3) is 0 Å². The van der Waals surface area contributed by atoms with Crippen molar-refractivity contribution in [1.29, 1.82) is 0 Å². The molecule has 1 heterocycles. The van der Waals surface area contributed by atoms with E-state index in [1.165, 1.54) is 0 Å². The first kappa shape index (κ1) is 13.9. The number of rotatable bonds is 7. The highest BCUT2D eigenvalue weighted by molar-refractivity contribution is 7.99. The van der Waals surface area contributed by atoms with E-state index in [4.69, 9.17) is 10.5 Å². The fourth-order valence-corrected chi connectivity index (χ4v) is 2.45. The van der Waals surface area contributed by atoms with Gasteiger partial charge < -0.3 is 10.5 Å². The Bertz CT molecular complexity index is 491. The SMILES string of the molecule is NCc1ccccc1OCCCSc1ccccn1. The molecule has 0 radical (unpaired) electrons. The zero-order valence-electron chi connectivity index (χ0n) is 10.8. The molecule has 2 aromatic rings. The van der Waals surface area contributed by atoms with Gasteiger partial charge in [-0.2, -0.15) is 0 Å². The first-order valence-electron chi connectivity index (χ1n) is 6.35. The molecule has 1 aromatic carbocycles. The van der Waals surface area contributed by atoms with Crippen molar-refractivity contribution in [3.63, 3.8) is 0 Å². The van der Waals surface area contributed by atoms with Gasteiger partial charge in [0.2, 0.25) is 0 Å². The quantitative estimate of drug-likeness (QED) is 0.622. The summed E-state index contributed by atoms with van der Waals surface area (Å²) in [5.41, 5.74) is 6.72. The minimum atomic E-state index is 0.513. The summed E-state index contributed by atoms with van der Waals surface area (Å²) in [4.78, 5) is 4.27. The summed E-state index contributed by atoms with van der Waals surface area (Å²) < 4.78 is 5.75. The van der Waals surface area contributed by atoms with Gasteiger partial charge in [0.05, 0.1) is 11.6 Å². The lowest BCUT2D eigenvalue weighted by Gasteiger charge is -2.09. The molecular formula is C15H18N2OS. The Morgan fingerprint density at radius 1 is 1.11 bits per heavy atom. The minimum absolute atomic E-state index is 0.513. The number of hydrogen-bond acceptors (Lipinski definition) is 4.